The van der Waals surface area contributed by atoms with Crippen molar-refractivity contribution in [1.29, 1.82) is 0 Å². The van der Waals surface area contributed by atoms with Crippen LogP contribution < -0.4 is 35.8 Å². The van der Waals surface area contributed by atoms with Gasteiger partial charge in [-0.1, -0.05) is 20.8 Å². The molecule has 4 aliphatic heterocycles. The lowest BCUT2D eigenvalue weighted by Crippen LogP contribution is -2.56. The highest BCUT2D eigenvalue weighted by Gasteiger charge is 2.46. The third-order valence-electron chi connectivity index (χ3n) is 14.9. The fraction of sp³-hybridized carbons (Fsp3) is 0.462. The molecule has 6 heterocycles. The minimum absolute atomic E-state index is 0.0151. The first-order valence-corrected chi connectivity index (χ1v) is 27.9. The summed E-state index contributed by atoms with van der Waals surface area (Å²) in [5.41, 5.74) is 3.81. The van der Waals surface area contributed by atoms with Gasteiger partial charge in [0.05, 0.1) is 46.0 Å². The molecule has 0 bridgehead atoms. The van der Waals surface area contributed by atoms with E-state index in [2.05, 4.69) is 70.7 Å². The average molecular weight is 1070 g/mol. The number of hydrogen-bond donors (Lipinski definition) is 3. The Balaban J connectivity index is 0.815. The lowest BCUT2D eigenvalue weighted by Gasteiger charge is -2.44. The molecule has 5 aromatic rings. The fourth-order valence-electron chi connectivity index (χ4n) is 11.0. The van der Waals surface area contributed by atoms with E-state index in [0.717, 1.165) is 56.7 Å². The van der Waals surface area contributed by atoms with Gasteiger partial charge in [-0.05, 0) is 109 Å². The molecular formula is C52H61BrF3N10O5P. The third-order valence-corrected chi connectivity index (χ3v) is 17.0. The molecule has 0 radical (unpaired) electrons. The Labute approximate surface area is 426 Å². The van der Waals surface area contributed by atoms with Crippen molar-refractivity contribution < 1.29 is 36.9 Å². The molecule has 4 fully saturated rings. The summed E-state index contributed by atoms with van der Waals surface area (Å²) in [4.78, 5) is 60.7. The molecule has 20 heteroatoms. The number of fused-ring (bicyclic) bond motifs is 1. The second-order valence-corrected chi connectivity index (χ2v) is 24.4. The van der Waals surface area contributed by atoms with Crippen LogP contribution >= 0.6 is 23.1 Å². The predicted molar refractivity (Wildman–Crippen MR) is 279 cm³/mol. The largest absolute Gasteiger partial charge is 0.494 e. The van der Waals surface area contributed by atoms with Crippen LogP contribution in [-0.2, 0) is 25.4 Å². The molecule has 2 aromatic heterocycles. The number of hydrogen-bond acceptors (Lipinski definition) is 13. The number of imide groups is 1. The van der Waals surface area contributed by atoms with E-state index in [1.54, 1.807) is 45.7 Å². The number of amides is 3. The van der Waals surface area contributed by atoms with E-state index in [-0.39, 0.29) is 35.9 Å². The molecule has 0 unspecified atom stereocenters. The molecule has 15 nitrogen and oxygen atoms in total. The lowest BCUT2D eigenvalue weighted by atomic mass is 9.81. The number of anilines is 6. The number of pyridine rings is 1. The first kappa shape index (κ1) is 51.1. The number of piperidine rings is 2. The maximum Gasteiger partial charge on any atom is 0.234 e. The van der Waals surface area contributed by atoms with Gasteiger partial charge in [-0.3, -0.25) is 29.6 Å². The monoisotopic (exact) mass is 1070 g/mol. The summed E-state index contributed by atoms with van der Waals surface area (Å²) in [6.45, 7) is 16.2. The first-order chi connectivity index (χ1) is 34.2. The highest BCUT2D eigenvalue weighted by Crippen LogP contribution is 2.44. The highest BCUT2D eigenvalue weighted by atomic mass is 79.9. The van der Waals surface area contributed by atoms with Crippen LogP contribution in [0.2, 0.25) is 0 Å². The number of methoxy groups -OCH3 is 1. The Bertz CT molecular complexity index is 2990. The zero-order chi connectivity index (χ0) is 51.4. The van der Waals surface area contributed by atoms with Crippen molar-refractivity contribution in [2.24, 2.45) is 11.3 Å². The standard InChI is InChI=1S/C52H61BrF3N10O5P/c1-8-30-21-42(60-51-57-26-36(53)48(62-51)59-41-11-10-40-34(47(41)72(6,7)70)24-37(54)29(2)58-40)44(71-5)25-43(30)64-15-13-31(14-16-64)63-17-19-65(20-18-63)50(69)35-27-66(28-52(35,3)4)32-22-38(55)46(39(56)23-32)33-9-12-45(67)61-49(33)68/h10-11,21-26,31,33,35H,8-9,12-20,27-28H2,1-7H3,(H,61,67,68)(H2,57,59,60,62)/t33-,35-/m1/s1. The Kier molecular flexibility index (Phi) is 14.4. The van der Waals surface area contributed by atoms with Crippen molar-refractivity contribution in [3.63, 3.8) is 0 Å². The van der Waals surface area contributed by atoms with Crippen molar-refractivity contribution in [2.45, 2.75) is 71.8 Å². The molecule has 3 N–H and O–H groups in total. The first-order valence-electron chi connectivity index (χ1n) is 24.5. The van der Waals surface area contributed by atoms with Crippen LogP contribution in [0.4, 0.5) is 47.7 Å². The zero-order valence-corrected chi connectivity index (χ0v) is 44.2. The van der Waals surface area contributed by atoms with Crippen LogP contribution in [0.1, 0.15) is 69.2 Å². The van der Waals surface area contributed by atoms with Gasteiger partial charge in [-0.2, -0.15) is 4.98 Å². The highest BCUT2D eigenvalue weighted by molar-refractivity contribution is 9.10. The number of carbonyl (C=O) groups is 3. The molecular weight excluding hydrogens is 1010 g/mol. The van der Waals surface area contributed by atoms with Crippen LogP contribution in [0.25, 0.3) is 10.9 Å². The summed E-state index contributed by atoms with van der Waals surface area (Å²) in [7, 11) is -1.31. The van der Waals surface area contributed by atoms with E-state index in [0.29, 0.717) is 87.5 Å². The van der Waals surface area contributed by atoms with Crippen molar-refractivity contribution in [1.82, 2.24) is 30.1 Å². The summed E-state index contributed by atoms with van der Waals surface area (Å²) in [6, 6.07) is 11.9. The minimum Gasteiger partial charge on any atom is -0.494 e. The van der Waals surface area contributed by atoms with Crippen LogP contribution in [0.3, 0.4) is 0 Å². The van der Waals surface area contributed by atoms with Crippen LogP contribution in [0.15, 0.2) is 53.1 Å². The molecule has 3 amide bonds. The van der Waals surface area contributed by atoms with E-state index in [4.69, 9.17) is 9.72 Å². The number of ether oxygens (including phenoxy) is 1. The summed E-state index contributed by atoms with van der Waals surface area (Å²) in [6.07, 6.45) is 4.36. The van der Waals surface area contributed by atoms with Crippen molar-refractivity contribution in [3.8, 4) is 5.75 Å². The number of nitrogens with one attached hydrogen (secondary N) is 3. The number of aryl methyl sites for hydroxylation is 2. The molecule has 0 spiro atoms. The van der Waals surface area contributed by atoms with Gasteiger partial charge in [0.15, 0.2) is 0 Å². The summed E-state index contributed by atoms with van der Waals surface area (Å²) >= 11 is 3.56. The number of halogens is 4. The van der Waals surface area contributed by atoms with Crippen LogP contribution in [0.5, 0.6) is 5.75 Å². The van der Waals surface area contributed by atoms with Gasteiger partial charge in [-0.25, -0.2) is 18.2 Å². The fourth-order valence-corrected chi connectivity index (χ4v) is 12.8. The number of piperazine rings is 1. The number of aromatic nitrogens is 3. The number of carbonyl (C=O) groups excluding carboxylic acids is 3. The van der Waals surface area contributed by atoms with E-state index >= 15 is 8.78 Å². The normalized spacial score (nSPS) is 20.0. The SMILES string of the molecule is CCc1cc(Nc2ncc(Br)c(Nc3ccc4nc(C)c(F)cc4c3P(C)(C)=O)n2)c(OC)cc1N1CCC(N2CCN(C(=O)[C@H]3CN(c4cc(F)c([C@H]5CCC(=O)NC5=O)c(F)c4)CC3(C)C)CC2)CC1. The molecule has 4 aliphatic rings. The molecule has 72 heavy (non-hydrogen) atoms. The van der Waals surface area contributed by atoms with Gasteiger partial charge in [-0.15, -0.1) is 0 Å². The van der Waals surface area contributed by atoms with Gasteiger partial charge < -0.3 is 34.6 Å². The van der Waals surface area contributed by atoms with Crippen LogP contribution in [-0.4, -0.2) is 121 Å². The second kappa shape index (κ2) is 20.3. The topological polar surface area (TPSA) is 165 Å². The molecule has 0 aliphatic carbocycles. The number of benzene rings is 3. The maximum absolute atomic E-state index is 15.5. The predicted octanol–water partition coefficient (Wildman–Crippen LogP) is 8.62. The van der Waals surface area contributed by atoms with Gasteiger partial charge in [0.2, 0.25) is 23.7 Å². The zero-order valence-electron chi connectivity index (χ0n) is 41.7. The van der Waals surface area contributed by atoms with E-state index in [1.165, 1.54) is 18.2 Å². The Morgan fingerprint density at radius 3 is 2.28 bits per heavy atom. The Hall–Kier alpha value is -5.78. The quantitative estimate of drug-likeness (QED) is 0.0805. The maximum atomic E-state index is 15.5. The van der Waals surface area contributed by atoms with E-state index < -0.39 is 47.7 Å². The van der Waals surface area contributed by atoms with E-state index in [1.807, 2.05) is 23.6 Å². The number of nitrogens with zero attached hydrogens (tertiary/aromatic N) is 7. The van der Waals surface area contributed by atoms with Crippen molar-refractivity contribution >= 4 is 91.5 Å². The molecule has 4 saturated heterocycles. The average Bonchev–Trinajstić information content (AvgIpc) is 3.67. The summed E-state index contributed by atoms with van der Waals surface area (Å²) < 4.78 is 65.9. The van der Waals surface area contributed by atoms with Crippen molar-refractivity contribution in [2.75, 3.05) is 93.2 Å². The molecule has 0 saturated carbocycles. The summed E-state index contributed by atoms with van der Waals surface area (Å²) in [5.74, 6) is -3.35. The van der Waals surface area contributed by atoms with Gasteiger partial charge >= 0.3 is 0 Å². The smallest absolute Gasteiger partial charge is 0.234 e. The molecule has 9 rings (SSSR count). The Morgan fingerprint density at radius 2 is 1.62 bits per heavy atom. The lowest BCUT2D eigenvalue weighted by molar-refractivity contribution is -0.140. The van der Waals surface area contributed by atoms with Crippen molar-refractivity contribution in [3.05, 3.63) is 87.4 Å². The minimum atomic E-state index is -2.94. The number of rotatable bonds is 12. The molecule has 2 atom stereocenters. The van der Waals surface area contributed by atoms with Gasteiger partial charge in [0, 0.05) is 105 Å². The van der Waals surface area contributed by atoms with E-state index in [9.17, 15) is 23.3 Å². The molecule has 3 aromatic carbocycles. The van der Waals surface area contributed by atoms with Gasteiger partial charge in [0.25, 0.3) is 0 Å². The second-order valence-electron chi connectivity index (χ2n) is 20.4. The third kappa shape index (κ3) is 10.3. The molecule has 382 valence electrons. The van der Waals surface area contributed by atoms with Crippen LogP contribution in [0, 0.1) is 35.7 Å². The van der Waals surface area contributed by atoms with Gasteiger partial charge in [0.1, 0.15) is 36.2 Å². The Morgan fingerprint density at radius 1 is 0.917 bits per heavy atom. The summed E-state index contributed by atoms with van der Waals surface area (Å²) in [5, 5.41) is 9.81.